The summed E-state index contributed by atoms with van der Waals surface area (Å²) in [6, 6.07) is 9.39. The highest BCUT2D eigenvalue weighted by Crippen LogP contribution is 2.15. The maximum absolute atomic E-state index is 10.4. The fourth-order valence-electron chi connectivity index (χ4n) is 1.27. The van der Waals surface area contributed by atoms with E-state index in [9.17, 15) is 4.79 Å². The van der Waals surface area contributed by atoms with Gasteiger partial charge in [0.25, 0.3) is 0 Å². The molecule has 0 spiro atoms. The lowest BCUT2D eigenvalue weighted by molar-refractivity contribution is -0.137. The van der Waals surface area contributed by atoms with Gasteiger partial charge >= 0.3 is 5.97 Å². The van der Waals surface area contributed by atoms with Crippen LogP contribution < -0.4 is 0 Å². The van der Waals surface area contributed by atoms with Gasteiger partial charge in [0.1, 0.15) is 0 Å². The van der Waals surface area contributed by atoms with Crippen molar-refractivity contribution in [1.82, 2.24) is 10.1 Å². The zero-order chi connectivity index (χ0) is 13.4. The fourth-order valence-corrected chi connectivity index (χ4v) is 1.27. The van der Waals surface area contributed by atoms with E-state index in [2.05, 4.69) is 10.1 Å². The molecule has 18 heavy (non-hydrogen) atoms. The topological polar surface area (TPSA) is 76.2 Å². The summed E-state index contributed by atoms with van der Waals surface area (Å²) in [6.45, 7) is 4.00. The Balaban J connectivity index is 0.000000771. The van der Waals surface area contributed by atoms with Crippen molar-refractivity contribution in [2.45, 2.75) is 26.7 Å². The average Bonchev–Trinajstić information content (AvgIpc) is 2.88. The maximum atomic E-state index is 10.4. The third kappa shape index (κ3) is 4.01. The molecule has 0 aliphatic carbocycles. The standard InChI is InChI=1S/C11H10N2O3.C2H6/c14-10(15)7-6-9-12-11(13-16-9)8-4-2-1-3-5-8;1-2/h1-5H,6-7H2,(H,14,15);1-2H3. The Hall–Kier alpha value is -2.17. The van der Waals surface area contributed by atoms with Crippen LogP contribution in [0, 0.1) is 0 Å². The molecular formula is C13H16N2O3. The number of aryl methyl sites for hydroxylation is 1. The lowest BCUT2D eigenvalue weighted by atomic mass is 10.2. The molecule has 1 aromatic carbocycles. The van der Waals surface area contributed by atoms with Gasteiger partial charge in [0.15, 0.2) is 0 Å². The van der Waals surface area contributed by atoms with E-state index >= 15 is 0 Å². The molecule has 96 valence electrons. The van der Waals surface area contributed by atoms with E-state index < -0.39 is 5.97 Å². The van der Waals surface area contributed by atoms with Gasteiger partial charge in [-0.15, -0.1) is 0 Å². The zero-order valence-electron chi connectivity index (χ0n) is 10.5. The van der Waals surface area contributed by atoms with Crippen LogP contribution in [-0.2, 0) is 11.2 Å². The molecule has 1 aromatic heterocycles. The number of aliphatic carboxylic acids is 1. The first kappa shape index (κ1) is 13.9. The van der Waals surface area contributed by atoms with Gasteiger partial charge in [-0.3, -0.25) is 4.79 Å². The zero-order valence-corrected chi connectivity index (χ0v) is 10.5. The lowest BCUT2D eigenvalue weighted by Crippen LogP contribution is -1.97. The van der Waals surface area contributed by atoms with Crippen LogP contribution in [0.25, 0.3) is 11.4 Å². The van der Waals surface area contributed by atoms with Crippen LogP contribution in [-0.4, -0.2) is 21.2 Å². The minimum atomic E-state index is -0.875. The number of carboxylic acids is 1. The molecule has 0 saturated carbocycles. The first-order chi connectivity index (χ1) is 8.75. The van der Waals surface area contributed by atoms with Crippen LogP contribution in [0.1, 0.15) is 26.2 Å². The van der Waals surface area contributed by atoms with Gasteiger partial charge in [-0.05, 0) is 0 Å². The summed E-state index contributed by atoms with van der Waals surface area (Å²) >= 11 is 0. The highest BCUT2D eigenvalue weighted by Gasteiger charge is 2.09. The second-order valence-corrected chi connectivity index (χ2v) is 3.27. The average molecular weight is 248 g/mol. The predicted molar refractivity (Wildman–Crippen MR) is 67.0 cm³/mol. The van der Waals surface area contributed by atoms with Crippen LogP contribution in [0.4, 0.5) is 0 Å². The van der Waals surface area contributed by atoms with E-state index in [1.54, 1.807) is 0 Å². The second kappa shape index (κ2) is 7.21. The largest absolute Gasteiger partial charge is 0.481 e. The Kier molecular flexibility index (Phi) is 5.57. The van der Waals surface area contributed by atoms with Crippen LogP contribution in [0.5, 0.6) is 0 Å². The number of hydrogen-bond donors (Lipinski definition) is 1. The van der Waals surface area contributed by atoms with E-state index in [4.69, 9.17) is 9.63 Å². The minimum absolute atomic E-state index is 0.00355. The maximum Gasteiger partial charge on any atom is 0.303 e. The van der Waals surface area contributed by atoms with Gasteiger partial charge < -0.3 is 9.63 Å². The highest BCUT2D eigenvalue weighted by molar-refractivity contribution is 5.66. The molecule has 5 heteroatoms. The molecule has 0 radical (unpaired) electrons. The smallest absolute Gasteiger partial charge is 0.303 e. The predicted octanol–water partition coefficient (Wildman–Crippen LogP) is 2.78. The number of hydrogen-bond acceptors (Lipinski definition) is 4. The second-order valence-electron chi connectivity index (χ2n) is 3.27. The summed E-state index contributed by atoms with van der Waals surface area (Å²) in [5.41, 5.74) is 0.854. The van der Waals surface area contributed by atoms with Gasteiger partial charge in [0.2, 0.25) is 11.7 Å². The van der Waals surface area contributed by atoms with Crippen molar-refractivity contribution in [2.75, 3.05) is 0 Å². The molecule has 0 amide bonds. The first-order valence-corrected chi connectivity index (χ1v) is 5.85. The highest BCUT2D eigenvalue weighted by atomic mass is 16.5. The summed E-state index contributed by atoms with van der Waals surface area (Å²) in [6.07, 6.45) is 0.256. The van der Waals surface area contributed by atoms with Gasteiger partial charge in [-0.2, -0.15) is 4.98 Å². The number of aromatic nitrogens is 2. The van der Waals surface area contributed by atoms with E-state index in [1.807, 2.05) is 44.2 Å². The molecule has 2 rings (SSSR count). The molecule has 0 bridgehead atoms. The monoisotopic (exact) mass is 248 g/mol. The Labute approximate surface area is 105 Å². The molecule has 0 aliphatic heterocycles. The fraction of sp³-hybridized carbons (Fsp3) is 0.308. The van der Waals surface area contributed by atoms with Crippen molar-refractivity contribution >= 4 is 5.97 Å². The number of carboxylic acid groups (broad SMARTS) is 1. The molecule has 5 nitrogen and oxygen atoms in total. The van der Waals surface area contributed by atoms with Gasteiger partial charge in [-0.25, -0.2) is 0 Å². The number of nitrogens with zero attached hydrogens (tertiary/aromatic N) is 2. The summed E-state index contributed by atoms with van der Waals surface area (Å²) < 4.78 is 4.95. The van der Waals surface area contributed by atoms with Crippen LogP contribution in [0.15, 0.2) is 34.9 Å². The summed E-state index contributed by atoms with van der Waals surface area (Å²) in [4.78, 5) is 14.5. The molecule has 0 atom stereocenters. The molecule has 0 fully saturated rings. The summed E-state index contributed by atoms with van der Waals surface area (Å²) in [5.74, 6) is -0.0401. The molecule has 0 saturated heterocycles. The molecular weight excluding hydrogens is 232 g/mol. The third-order valence-corrected chi connectivity index (χ3v) is 2.05. The van der Waals surface area contributed by atoms with Crippen molar-refractivity contribution in [1.29, 1.82) is 0 Å². The Morgan fingerprint density at radius 1 is 1.28 bits per heavy atom. The number of carbonyl (C=O) groups is 1. The molecule has 1 heterocycles. The van der Waals surface area contributed by atoms with Crippen LogP contribution in [0.2, 0.25) is 0 Å². The quantitative estimate of drug-likeness (QED) is 0.900. The Morgan fingerprint density at radius 2 is 1.94 bits per heavy atom. The van der Waals surface area contributed by atoms with Gasteiger partial charge in [0.05, 0.1) is 6.42 Å². The lowest BCUT2D eigenvalue weighted by Gasteiger charge is -1.90. The van der Waals surface area contributed by atoms with Crippen molar-refractivity contribution < 1.29 is 14.4 Å². The van der Waals surface area contributed by atoms with E-state index in [1.165, 1.54) is 0 Å². The van der Waals surface area contributed by atoms with Crippen molar-refractivity contribution in [3.05, 3.63) is 36.2 Å². The number of rotatable bonds is 4. The van der Waals surface area contributed by atoms with Crippen molar-refractivity contribution in [3.63, 3.8) is 0 Å². The van der Waals surface area contributed by atoms with Crippen molar-refractivity contribution in [3.8, 4) is 11.4 Å². The summed E-state index contributed by atoms with van der Waals surface area (Å²) in [7, 11) is 0. The Morgan fingerprint density at radius 3 is 2.56 bits per heavy atom. The van der Waals surface area contributed by atoms with Crippen LogP contribution >= 0.6 is 0 Å². The van der Waals surface area contributed by atoms with E-state index in [0.29, 0.717) is 11.7 Å². The van der Waals surface area contributed by atoms with E-state index in [-0.39, 0.29) is 12.8 Å². The van der Waals surface area contributed by atoms with Crippen molar-refractivity contribution in [2.24, 2.45) is 0 Å². The minimum Gasteiger partial charge on any atom is -0.481 e. The van der Waals surface area contributed by atoms with Gasteiger partial charge in [0, 0.05) is 12.0 Å². The van der Waals surface area contributed by atoms with E-state index in [0.717, 1.165) is 5.56 Å². The molecule has 2 aromatic rings. The summed E-state index contributed by atoms with van der Waals surface area (Å²) in [5, 5.41) is 12.3. The third-order valence-electron chi connectivity index (χ3n) is 2.05. The Bertz CT molecular complexity index is 480. The normalized spacial score (nSPS) is 9.44. The molecule has 1 N–H and O–H groups in total. The number of benzene rings is 1. The SMILES string of the molecule is CC.O=C(O)CCc1nc(-c2ccccc2)no1. The van der Waals surface area contributed by atoms with Crippen LogP contribution in [0.3, 0.4) is 0 Å². The van der Waals surface area contributed by atoms with Gasteiger partial charge in [-0.1, -0.05) is 49.3 Å². The first-order valence-electron chi connectivity index (χ1n) is 5.85. The molecule has 0 aliphatic rings. The molecule has 0 unspecified atom stereocenters.